The maximum absolute atomic E-state index is 12.0. The molecule has 2 unspecified atom stereocenters. The topological polar surface area (TPSA) is 62.7 Å². The molecule has 2 atom stereocenters. The number of hydrogen-bond donors (Lipinski definition) is 2. The van der Waals surface area contributed by atoms with E-state index < -0.39 is 10.8 Å². The Labute approximate surface area is 131 Å². The molecule has 1 heterocycles. The van der Waals surface area contributed by atoms with Crippen molar-refractivity contribution in [2.75, 3.05) is 32.0 Å². The van der Waals surface area contributed by atoms with Crippen LogP contribution in [0.15, 0.2) is 4.99 Å². The Bertz CT molecular complexity index is 372. The average Bonchev–Trinajstić information content (AvgIpc) is 2.82. The highest BCUT2D eigenvalue weighted by Gasteiger charge is 2.29. The first-order valence-corrected chi connectivity index (χ1v) is 9.13. The van der Waals surface area contributed by atoms with Crippen LogP contribution in [0, 0.1) is 0 Å². The summed E-state index contributed by atoms with van der Waals surface area (Å²) >= 11 is 0. The molecular weight excluding hydrogens is 286 g/mol. The highest BCUT2D eigenvalue weighted by Crippen LogP contribution is 2.24. The van der Waals surface area contributed by atoms with Gasteiger partial charge in [0, 0.05) is 41.0 Å². The third kappa shape index (κ3) is 6.78. The molecule has 0 spiro atoms. The summed E-state index contributed by atoms with van der Waals surface area (Å²) in [5.74, 6) is 1.40. The van der Waals surface area contributed by atoms with E-state index in [2.05, 4.69) is 22.5 Å². The summed E-state index contributed by atoms with van der Waals surface area (Å²) in [6.07, 6.45) is 2.17. The molecule has 6 heteroatoms. The SMILES string of the molecule is CCNC(=NCC1(C)CCCO1)NCCS(=O)C(C)(C)C. The monoisotopic (exact) mass is 317 g/mol. The highest BCUT2D eigenvalue weighted by molar-refractivity contribution is 7.86. The standard InChI is InChI=1S/C15H31N3O2S/c1-6-16-13(17-9-11-21(19)14(2,3)4)18-12-15(5)8-7-10-20-15/h6-12H2,1-5H3,(H2,16,17,18). The van der Waals surface area contributed by atoms with Crippen molar-refractivity contribution in [1.82, 2.24) is 10.6 Å². The molecule has 1 rings (SSSR count). The van der Waals surface area contributed by atoms with E-state index in [1.54, 1.807) is 0 Å². The molecule has 0 amide bonds. The largest absolute Gasteiger partial charge is 0.373 e. The lowest BCUT2D eigenvalue weighted by molar-refractivity contribution is 0.0283. The summed E-state index contributed by atoms with van der Waals surface area (Å²) in [4.78, 5) is 4.60. The fraction of sp³-hybridized carbons (Fsp3) is 0.933. The van der Waals surface area contributed by atoms with Crippen LogP contribution in [-0.2, 0) is 15.5 Å². The fourth-order valence-corrected chi connectivity index (χ4v) is 3.02. The zero-order valence-corrected chi connectivity index (χ0v) is 14.9. The van der Waals surface area contributed by atoms with Crippen molar-refractivity contribution in [2.24, 2.45) is 4.99 Å². The summed E-state index contributed by atoms with van der Waals surface area (Å²) in [6.45, 7) is 13.1. The maximum atomic E-state index is 12.0. The van der Waals surface area contributed by atoms with Gasteiger partial charge in [-0.05, 0) is 47.5 Å². The number of rotatable bonds is 6. The normalized spacial score (nSPS) is 24.9. The minimum absolute atomic E-state index is 0.128. The van der Waals surface area contributed by atoms with Crippen molar-refractivity contribution in [3.63, 3.8) is 0 Å². The molecule has 0 aromatic rings. The second-order valence-corrected chi connectivity index (χ2v) is 9.01. The van der Waals surface area contributed by atoms with Crippen molar-refractivity contribution < 1.29 is 8.95 Å². The van der Waals surface area contributed by atoms with Gasteiger partial charge >= 0.3 is 0 Å². The molecule has 21 heavy (non-hydrogen) atoms. The molecule has 0 aromatic carbocycles. The van der Waals surface area contributed by atoms with Crippen LogP contribution in [0.3, 0.4) is 0 Å². The summed E-state index contributed by atoms with van der Waals surface area (Å²) < 4.78 is 17.6. The second kappa shape index (κ2) is 8.13. The number of ether oxygens (including phenoxy) is 1. The molecule has 5 nitrogen and oxygen atoms in total. The maximum Gasteiger partial charge on any atom is 0.191 e. The molecule has 1 aliphatic rings. The highest BCUT2D eigenvalue weighted by atomic mass is 32.2. The van der Waals surface area contributed by atoms with Gasteiger partial charge in [-0.2, -0.15) is 0 Å². The van der Waals surface area contributed by atoms with Crippen molar-refractivity contribution in [3.8, 4) is 0 Å². The van der Waals surface area contributed by atoms with E-state index in [-0.39, 0.29) is 10.3 Å². The molecule has 0 aliphatic carbocycles. The summed E-state index contributed by atoms with van der Waals surface area (Å²) in [7, 11) is -0.842. The minimum Gasteiger partial charge on any atom is -0.373 e. The summed E-state index contributed by atoms with van der Waals surface area (Å²) in [6, 6.07) is 0. The van der Waals surface area contributed by atoms with Gasteiger partial charge in [0.15, 0.2) is 5.96 Å². The molecule has 0 aromatic heterocycles. The van der Waals surface area contributed by atoms with Crippen LogP contribution in [0.25, 0.3) is 0 Å². The summed E-state index contributed by atoms with van der Waals surface area (Å²) in [5.41, 5.74) is -0.128. The van der Waals surface area contributed by atoms with Crippen molar-refractivity contribution >= 4 is 16.8 Å². The summed E-state index contributed by atoms with van der Waals surface area (Å²) in [5, 5.41) is 6.48. The van der Waals surface area contributed by atoms with Gasteiger partial charge < -0.3 is 15.4 Å². The van der Waals surface area contributed by atoms with Gasteiger partial charge in [-0.15, -0.1) is 0 Å². The van der Waals surface area contributed by atoms with Gasteiger partial charge in [0.25, 0.3) is 0 Å². The third-order valence-corrected chi connectivity index (χ3v) is 5.42. The van der Waals surface area contributed by atoms with Crippen LogP contribution < -0.4 is 10.6 Å². The number of guanidine groups is 1. The molecule has 1 saturated heterocycles. The van der Waals surface area contributed by atoms with E-state index in [1.807, 2.05) is 27.7 Å². The Morgan fingerprint density at radius 1 is 1.38 bits per heavy atom. The van der Waals surface area contributed by atoms with Crippen molar-refractivity contribution in [1.29, 1.82) is 0 Å². The number of hydrogen-bond acceptors (Lipinski definition) is 3. The Kier molecular flexibility index (Phi) is 7.13. The van der Waals surface area contributed by atoms with Crippen LogP contribution in [-0.4, -0.2) is 52.5 Å². The van der Waals surface area contributed by atoms with E-state index in [9.17, 15) is 4.21 Å². The zero-order valence-electron chi connectivity index (χ0n) is 14.1. The molecule has 2 N–H and O–H groups in total. The van der Waals surface area contributed by atoms with Crippen LogP contribution in [0.1, 0.15) is 47.5 Å². The smallest absolute Gasteiger partial charge is 0.191 e. The van der Waals surface area contributed by atoms with E-state index >= 15 is 0 Å². The van der Waals surface area contributed by atoms with E-state index in [0.717, 1.165) is 32.0 Å². The predicted molar refractivity (Wildman–Crippen MR) is 90.3 cm³/mol. The van der Waals surface area contributed by atoms with Gasteiger partial charge in [-0.3, -0.25) is 9.20 Å². The quantitative estimate of drug-likeness (QED) is 0.578. The number of aliphatic imine (C=N–C) groups is 1. The van der Waals surface area contributed by atoms with Gasteiger partial charge in [0.05, 0.1) is 12.1 Å². The molecule has 124 valence electrons. The lowest BCUT2D eigenvalue weighted by Crippen LogP contribution is -2.41. The lowest BCUT2D eigenvalue weighted by Gasteiger charge is -2.22. The Morgan fingerprint density at radius 3 is 2.62 bits per heavy atom. The van der Waals surface area contributed by atoms with Crippen LogP contribution in [0.2, 0.25) is 0 Å². The second-order valence-electron chi connectivity index (χ2n) is 6.69. The number of nitrogens with one attached hydrogen (secondary N) is 2. The Balaban J connectivity index is 2.44. The Morgan fingerprint density at radius 2 is 2.10 bits per heavy atom. The third-order valence-electron chi connectivity index (χ3n) is 3.48. The Hall–Kier alpha value is -0.620. The van der Waals surface area contributed by atoms with Gasteiger partial charge in [-0.1, -0.05) is 0 Å². The molecule has 0 saturated carbocycles. The van der Waals surface area contributed by atoms with Crippen LogP contribution in [0.5, 0.6) is 0 Å². The molecular formula is C15H31N3O2S. The van der Waals surface area contributed by atoms with E-state index in [1.165, 1.54) is 0 Å². The first-order valence-electron chi connectivity index (χ1n) is 7.81. The number of nitrogens with zero attached hydrogens (tertiary/aromatic N) is 1. The first-order chi connectivity index (χ1) is 9.77. The average molecular weight is 317 g/mol. The fourth-order valence-electron chi connectivity index (χ4n) is 2.12. The lowest BCUT2D eigenvalue weighted by atomic mass is 10.0. The van der Waals surface area contributed by atoms with Crippen molar-refractivity contribution in [3.05, 3.63) is 0 Å². The van der Waals surface area contributed by atoms with E-state index in [4.69, 9.17) is 4.74 Å². The van der Waals surface area contributed by atoms with Crippen LogP contribution in [0.4, 0.5) is 0 Å². The minimum atomic E-state index is -0.842. The predicted octanol–water partition coefficient (Wildman–Crippen LogP) is 1.66. The van der Waals surface area contributed by atoms with Gasteiger partial charge in [0.2, 0.25) is 0 Å². The zero-order chi connectivity index (χ0) is 15.9. The molecule has 0 bridgehead atoms. The molecule has 0 radical (unpaired) electrons. The first kappa shape index (κ1) is 18.4. The van der Waals surface area contributed by atoms with Crippen LogP contribution >= 0.6 is 0 Å². The van der Waals surface area contributed by atoms with E-state index in [0.29, 0.717) is 18.8 Å². The van der Waals surface area contributed by atoms with Gasteiger partial charge in [0.1, 0.15) is 0 Å². The molecule has 1 aliphatic heterocycles. The molecule has 1 fully saturated rings. The van der Waals surface area contributed by atoms with Crippen molar-refractivity contribution in [2.45, 2.75) is 57.8 Å². The van der Waals surface area contributed by atoms with Gasteiger partial charge in [-0.25, -0.2) is 0 Å².